The van der Waals surface area contributed by atoms with Crippen molar-refractivity contribution >= 4 is 17.4 Å². The fourth-order valence-corrected chi connectivity index (χ4v) is 2.83. The Morgan fingerprint density at radius 2 is 1.90 bits per heavy atom. The summed E-state index contributed by atoms with van der Waals surface area (Å²) in [6, 6.07) is 16.7. The Morgan fingerprint density at radius 1 is 1.07 bits per heavy atom. The lowest BCUT2D eigenvalue weighted by Crippen LogP contribution is -2.23. The highest BCUT2D eigenvalue weighted by Gasteiger charge is 2.07. The maximum atomic E-state index is 12.1. The van der Waals surface area contributed by atoms with E-state index in [1.807, 2.05) is 42.5 Å². The predicted molar refractivity (Wildman–Crippen MR) is 113 cm³/mol. The van der Waals surface area contributed by atoms with Crippen LogP contribution in [-0.4, -0.2) is 34.1 Å². The van der Waals surface area contributed by atoms with Gasteiger partial charge in [-0.1, -0.05) is 24.3 Å². The lowest BCUT2D eigenvalue weighted by Gasteiger charge is -2.12. The third-order valence-electron chi connectivity index (χ3n) is 4.43. The van der Waals surface area contributed by atoms with Crippen LogP contribution in [0.3, 0.4) is 0 Å². The Morgan fingerprint density at radius 3 is 2.59 bits per heavy atom. The van der Waals surface area contributed by atoms with E-state index in [0.29, 0.717) is 12.4 Å². The van der Waals surface area contributed by atoms with Crippen LogP contribution in [0.4, 0.5) is 11.5 Å². The minimum absolute atomic E-state index is 0.0933. The molecule has 3 rings (SSSR count). The zero-order chi connectivity index (χ0) is 20.5. The smallest absolute Gasteiger partial charge is 0.230 e. The maximum absolute atomic E-state index is 12.1. The molecule has 0 fully saturated rings. The van der Waals surface area contributed by atoms with Crippen molar-refractivity contribution in [3.63, 3.8) is 0 Å². The molecule has 7 nitrogen and oxygen atoms in total. The van der Waals surface area contributed by atoms with E-state index in [2.05, 4.69) is 20.6 Å². The molecular weight excluding hydrogens is 366 g/mol. The molecule has 0 aliphatic heterocycles. The van der Waals surface area contributed by atoms with Crippen LogP contribution in [0.2, 0.25) is 0 Å². The average Bonchev–Trinajstić information content (AvgIpc) is 2.73. The van der Waals surface area contributed by atoms with Crippen molar-refractivity contribution < 1.29 is 9.90 Å². The van der Waals surface area contributed by atoms with Gasteiger partial charge in [0.15, 0.2) is 0 Å². The molecule has 5 N–H and O–H groups in total. The van der Waals surface area contributed by atoms with Crippen LogP contribution in [-0.2, 0) is 17.6 Å². The first-order chi connectivity index (χ1) is 14.1. The van der Waals surface area contributed by atoms with E-state index in [9.17, 15) is 9.90 Å². The zero-order valence-electron chi connectivity index (χ0n) is 16.1. The van der Waals surface area contributed by atoms with E-state index in [0.717, 1.165) is 35.5 Å². The van der Waals surface area contributed by atoms with E-state index in [1.165, 1.54) is 0 Å². The summed E-state index contributed by atoms with van der Waals surface area (Å²) in [5, 5.41) is 16.3. The Balaban J connectivity index is 1.39. The molecule has 1 atom stereocenters. The summed E-state index contributed by atoms with van der Waals surface area (Å²) < 4.78 is 0. The molecular formula is C22H25N5O2. The van der Waals surface area contributed by atoms with Crippen molar-refractivity contribution in [1.29, 1.82) is 0 Å². The van der Waals surface area contributed by atoms with E-state index < -0.39 is 6.10 Å². The van der Waals surface area contributed by atoms with Gasteiger partial charge >= 0.3 is 0 Å². The van der Waals surface area contributed by atoms with Gasteiger partial charge in [0.25, 0.3) is 0 Å². The number of carbonyl (C=O) groups is 1. The summed E-state index contributed by atoms with van der Waals surface area (Å²) in [4.78, 5) is 20.2. The van der Waals surface area contributed by atoms with Gasteiger partial charge in [-0.3, -0.25) is 9.78 Å². The molecule has 1 amide bonds. The summed E-state index contributed by atoms with van der Waals surface area (Å²) in [5.41, 5.74) is 8.93. The molecule has 3 aromatic rings. The van der Waals surface area contributed by atoms with Gasteiger partial charge in [0.2, 0.25) is 5.91 Å². The van der Waals surface area contributed by atoms with Crippen LogP contribution in [0, 0.1) is 0 Å². The topological polar surface area (TPSA) is 113 Å². The van der Waals surface area contributed by atoms with Crippen molar-refractivity contribution in [2.24, 2.45) is 0 Å². The summed E-state index contributed by atoms with van der Waals surface area (Å²) in [5.74, 6) is 0.342. The highest BCUT2D eigenvalue weighted by Crippen LogP contribution is 2.12. The number of nitrogens with one attached hydrogen (secondary N) is 2. The van der Waals surface area contributed by atoms with Gasteiger partial charge in [-0.2, -0.15) is 0 Å². The van der Waals surface area contributed by atoms with Gasteiger partial charge in [0.05, 0.1) is 12.5 Å². The van der Waals surface area contributed by atoms with E-state index in [4.69, 9.17) is 5.73 Å². The Labute approximate surface area is 170 Å². The third-order valence-corrected chi connectivity index (χ3v) is 4.43. The fraction of sp³-hybridized carbons (Fsp3) is 0.227. The number of nitrogen functional groups attached to an aromatic ring is 1. The second kappa shape index (κ2) is 10.3. The highest BCUT2D eigenvalue weighted by atomic mass is 16.3. The number of hydrogen-bond donors (Lipinski definition) is 4. The summed E-state index contributed by atoms with van der Waals surface area (Å²) in [6.45, 7) is 1.16. The van der Waals surface area contributed by atoms with Crippen LogP contribution in [0.1, 0.15) is 22.9 Å². The molecule has 150 valence electrons. The van der Waals surface area contributed by atoms with E-state index in [-0.39, 0.29) is 12.3 Å². The van der Waals surface area contributed by atoms with Crippen molar-refractivity contribution in [3.05, 3.63) is 83.8 Å². The number of pyridine rings is 2. The highest BCUT2D eigenvalue weighted by molar-refractivity contribution is 5.91. The second-order valence-corrected chi connectivity index (χ2v) is 6.73. The molecule has 0 aliphatic rings. The van der Waals surface area contributed by atoms with Crippen molar-refractivity contribution in [1.82, 2.24) is 15.3 Å². The number of rotatable bonds is 9. The first-order valence-corrected chi connectivity index (χ1v) is 9.49. The molecule has 1 unspecified atom stereocenters. The van der Waals surface area contributed by atoms with Crippen LogP contribution < -0.4 is 16.4 Å². The molecule has 2 heterocycles. The SMILES string of the molecule is Nc1ccc(C(O)CNCCc2ccc(NC(=O)Cc3ccccn3)cc2)cn1. The van der Waals surface area contributed by atoms with Crippen molar-refractivity contribution in [2.45, 2.75) is 18.9 Å². The number of nitrogens with two attached hydrogens (primary N) is 1. The van der Waals surface area contributed by atoms with Crippen molar-refractivity contribution in [3.8, 4) is 0 Å². The Bertz CT molecular complexity index is 899. The molecule has 0 aliphatic carbocycles. The summed E-state index contributed by atoms with van der Waals surface area (Å²) in [7, 11) is 0. The van der Waals surface area contributed by atoms with Gasteiger partial charge in [0, 0.05) is 35.9 Å². The zero-order valence-corrected chi connectivity index (χ0v) is 16.1. The maximum Gasteiger partial charge on any atom is 0.230 e. The minimum Gasteiger partial charge on any atom is -0.387 e. The normalized spacial score (nSPS) is 11.8. The minimum atomic E-state index is -0.625. The third kappa shape index (κ3) is 6.67. The lowest BCUT2D eigenvalue weighted by molar-refractivity contribution is -0.115. The molecule has 0 bridgehead atoms. The van der Waals surface area contributed by atoms with E-state index in [1.54, 1.807) is 24.5 Å². The molecule has 0 saturated carbocycles. The quantitative estimate of drug-likeness (QED) is 0.416. The predicted octanol–water partition coefficient (Wildman–Crippen LogP) is 2.11. The van der Waals surface area contributed by atoms with E-state index >= 15 is 0 Å². The van der Waals surface area contributed by atoms with Gasteiger partial charge in [-0.05, 0) is 48.9 Å². The number of benzene rings is 1. The van der Waals surface area contributed by atoms with Gasteiger partial charge in [-0.25, -0.2) is 4.98 Å². The lowest BCUT2D eigenvalue weighted by atomic mass is 10.1. The number of hydrogen-bond acceptors (Lipinski definition) is 6. The Kier molecular flexibility index (Phi) is 7.27. The standard InChI is InChI=1S/C22H25N5O2/c23-21-9-6-17(14-26-21)20(28)15-24-12-10-16-4-7-18(8-5-16)27-22(29)13-19-3-1-2-11-25-19/h1-9,11,14,20,24,28H,10,12-13,15H2,(H2,23,26)(H,27,29). The first-order valence-electron chi connectivity index (χ1n) is 9.49. The molecule has 7 heteroatoms. The fourth-order valence-electron chi connectivity index (χ4n) is 2.83. The molecule has 0 radical (unpaired) electrons. The van der Waals surface area contributed by atoms with Gasteiger partial charge in [-0.15, -0.1) is 0 Å². The molecule has 0 saturated heterocycles. The largest absolute Gasteiger partial charge is 0.387 e. The molecule has 2 aromatic heterocycles. The Hall–Kier alpha value is -3.29. The number of carbonyl (C=O) groups excluding carboxylic acids is 1. The van der Waals surface area contributed by atoms with Crippen LogP contribution >= 0.6 is 0 Å². The van der Waals surface area contributed by atoms with Crippen molar-refractivity contribution in [2.75, 3.05) is 24.1 Å². The van der Waals surface area contributed by atoms with Gasteiger partial charge in [0.1, 0.15) is 5.82 Å². The van der Waals surface area contributed by atoms with Gasteiger partial charge < -0.3 is 21.5 Å². The van der Waals surface area contributed by atoms with Crippen LogP contribution in [0.25, 0.3) is 0 Å². The summed E-state index contributed by atoms with van der Waals surface area (Å²) in [6.07, 6.45) is 3.70. The monoisotopic (exact) mass is 391 g/mol. The molecule has 0 spiro atoms. The molecule has 29 heavy (non-hydrogen) atoms. The summed E-state index contributed by atoms with van der Waals surface area (Å²) >= 11 is 0. The number of aliphatic hydroxyl groups is 1. The number of nitrogens with zero attached hydrogens (tertiary/aromatic N) is 2. The molecule has 1 aromatic carbocycles. The second-order valence-electron chi connectivity index (χ2n) is 6.73. The number of aromatic nitrogens is 2. The van der Waals surface area contributed by atoms with Crippen LogP contribution in [0.5, 0.6) is 0 Å². The first kappa shape index (κ1) is 20.4. The van der Waals surface area contributed by atoms with Crippen LogP contribution in [0.15, 0.2) is 67.0 Å². The number of amides is 1. The number of aliphatic hydroxyl groups excluding tert-OH is 1. The number of anilines is 2. The average molecular weight is 391 g/mol.